The fourth-order valence-electron chi connectivity index (χ4n) is 2.56. The van der Waals surface area contributed by atoms with Gasteiger partial charge in [-0.2, -0.15) is 0 Å². The summed E-state index contributed by atoms with van der Waals surface area (Å²) in [4.78, 5) is 51.8. The average molecular weight is 553 g/mol. The quantitative estimate of drug-likeness (QED) is 0.148. The maximum absolute atomic E-state index is 13.2. The second kappa shape index (κ2) is 9.14. The molecule has 0 saturated heterocycles. The Kier molecular flexibility index (Phi) is 6.56. The van der Waals surface area contributed by atoms with E-state index in [0.29, 0.717) is 3.57 Å². The Morgan fingerprint density at radius 3 is 1.61 bits per heavy atom. The molecule has 10 nitrogen and oxygen atoms in total. The first-order valence-corrected chi connectivity index (χ1v) is 9.84. The van der Waals surface area contributed by atoms with Crippen molar-refractivity contribution in [2.45, 2.75) is 0 Å². The van der Waals surface area contributed by atoms with Crippen molar-refractivity contribution < 1.29 is 19.4 Å². The lowest BCUT2D eigenvalue weighted by atomic mass is 10.1. The van der Waals surface area contributed by atoms with Crippen molar-refractivity contribution >= 4 is 63.2 Å². The number of amides is 2. The van der Waals surface area contributed by atoms with Crippen LogP contribution in [-0.4, -0.2) is 26.6 Å². The van der Waals surface area contributed by atoms with Crippen LogP contribution in [0.1, 0.15) is 20.7 Å². The number of aromatic nitrogens is 1. The largest absolute Gasteiger partial charge is 0.269 e. The summed E-state index contributed by atoms with van der Waals surface area (Å²) < 4.78 is 0.438. The van der Waals surface area contributed by atoms with Crippen molar-refractivity contribution in [2.24, 2.45) is 0 Å². The molecule has 0 unspecified atom stereocenters. The van der Waals surface area contributed by atoms with Crippen LogP contribution in [0.15, 0.2) is 60.7 Å². The van der Waals surface area contributed by atoms with Gasteiger partial charge in [0.1, 0.15) is 5.15 Å². The molecule has 1 aromatic heterocycles. The molecule has 3 rings (SSSR count). The van der Waals surface area contributed by atoms with Crippen molar-refractivity contribution in [3.05, 3.63) is 101 Å². The van der Waals surface area contributed by atoms with Crippen LogP contribution in [0.2, 0.25) is 5.15 Å². The number of hydrogen-bond donors (Lipinski definition) is 0. The van der Waals surface area contributed by atoms with E-state index in [1.807, 2.05) is 22.6 Å². The van der Waals surface area contributed by atoms with Gasteiger partial charge in [0.05, 0.1) is 13.4 Å². The number of hydrogen-bond acceptors (Lipinski definition) is 7. The lowest BCUT2D eigenvalue weighted by Gasteiger charge is -2.21. The Morgan fingerprint density at radius 1 is 0.806 bits per heavy atom. The van der Waals surface area contributed by atoms with Gasteiger partial charge in [0.2, 0.25) is 0 Å². The van der Waals surface area contributed by atoms with E-state index in [2.05, 4.69) is 4.98 Å². The lowest BCUT2D eigenvalue weighted by molar-refractivity contribution is -0.385. The fraction of sp³-hybridized carbons (Fsp3) is 0. The molecule has 156 valence electrons. The van der Waals surface area contributed by atoms with Crippen molar-refractivity contribution in [3.8, 4) is 0 Å². The predicted molar refractivity (Wildman–Crippen MR) is 119 cm³/mol. The van der Waals surface area contributed by atoms with E-state index in [4.69, 9.17) is 11.6 Å². The van der Waals surface area contributed by atoms with Gasteiger partial charge >= 0.3 is 0 Å². The van der Waals surface area contributed by atoms with Crippen LogP contribution in [0, 0.1) is 23.8 Å². The fourth-order valence-corrected chi connectivity index (χ4v) is 3.24. The van der Waals surface area contributed by atoms with Gasteiger partial charge < -0.3 is 0 Å². The zero-order valence-corrected chi connectivity index (χ0v) is 18.2. The van der Waals surface area contributed by atoms with Crippen molar-refractivity contribution in [3.63, 3.8) is 0 Å². The highest BCUT2D eigenvalue weighted by atomic mass is 127. The molecule has 12 heteroatoms. The molecular formula is C19H10ClIN4O6. The number of rotatable bonds is 5. The average Bonchev–Trinajstić information content (AvgIpc) is 2.76. The number of anilines is 1. The highest BCUT2D eigenvalue weighted by molar-refractivity contribution is 14.1. The van der Waals surface area contributed by atoms with E-state index in [1.165, 1.54) is 30.3 Å². The molecule has 2 amide bonds. The zero-order chi connectivity index (χ0) is 22.7. The lowest BCUT2D eigenvalue weighted by Crippen LogP contribution is -2.38. The highest BCUT2D eigenvalue weighted by Crippen LogP contribution is 2.27. The third kappa shape index (κ3) is 4.83. The maximum atomic E-state index is 13.2. The highest BCUT2D eigenvalue weighted by Gasteiger charge is 2.29. The third-order valence-corrected chi connectivity index (χ3v) is 5.11. The second-order valence-corrected chi connectivity index (χ2v) is 7.54. The zero-order valence-electron chi connectivity index (χ0n) is 15.3. The van der Waals surface area contributed by atoms with Crippen LogP contribution in [-0.2, 0) is 0 Å². The van der Waals surface area contributed by atoms with E-state index in [1.54, 1.807) is 6.07 Å². The van der Waals surface area contributed by atoms with Crippen molar-refractivity contribution in [2.75, 3.05) is 4.90 Å². The van der Waals surface area contributed by atoms with Gasteiger partial charge in [0.15, 0.2) is 5.82 Å². The Hall–Kier alpha value is -3.45. The number of carbonyl (C=O) groups excluding carboxylic acids is 2. The monoisotopic (exact) mass is 552 g/mol. The molecule has 2 aromatic carbocycles. The molecule has 0 aliphatic heterocycles. The predicted octanol–water partition coefficient (Wildman–Crippen LogP) is 4.64. The van der Waals surface area contributed by atoms with Crippen LogP contribution in [0.25, 0.3) is 0 Å². The van der Waals surface area contributed by atoms with Gasteiger partial charge in [0.25, 0.3) is 23.2 Å². The minimum Gasteiger partial charge on any atom is -0.268 e. The summed E-state index contributed by atoms with van der Waals surface area (Å²) in [6.07, 6.45) is 0. The van der Waals surface area contributed by atoms with Crippen LogP contribution in [0.5, 0.6) is 0 Å². The molecule has 0 aliphatic carbocycles. The second-order valence-electron chi connectivity index (χ2n) is 5.99. The molecule has 0 N–H and O–H groups in total. The first-order chi connectivity index (χ1) is 14.7. The maximum Gasteiger partial charge on any atom is 0.269 e. The smallest absolute Gasteiger partial charge is 0.268 e. The Morgan fingerprint density at radius 2 is 1.23 bits per heavy atom. The van der Waals surface area contributed by atoms with Gasteiger partial charge in [-0.05, 0) is 59.0 Å². The molecule has 0 bridgehead atoms. The number of nitro benzene ring substituents is 2. The summed E-state index contributed by atoms with van der Waals surface area (Å²) in [7, 11) is 0. The van der Waals surface area contributed by atoms with E-state index in [-0.39, 0.29) is 33.5 Å². The molecule has 31 heavy (non-hydrogen) atoms. The summed E-state index contributed by atoms with van der Waals surface area (Å²) >= 11 is 7.84. The molecule has 3 aromatic rings. The van der Waals surface area contributed by atoms with E-state index in [0.717, 1.165) is 29.2 Å². The summed E-state index contributed by atoms with van der Waals surface area (Å²) in [5, 5.41) is 21.8. The van der Waals surface area contributed by atoms with Crippen LogP contribution >= 0.6 is 34.2 Å². The number of nitro groups is 2. The van der Waals surface area contributed by atoms with Gasteiger partial charge in [-0.15, -0.1) is 0 Å². The molecule has 1 heterocycles. The Labute approximate surface area is 192 Å². The van der Waals surface area contributed by atoms with E-state index < -0.39 is 21.7 Å². The molecule has 0 spiro atoms. The Balaban J connectivity index is 2.09. The summed E-state index contributed by atoms with van der Waals surface area (Å²) in [5.41, 5.74) is -0.447. The standard InChI is InChI=1S/C19H10ClIN4O6/c20-16-10-9-15(21)17(22-16)23(18(26)11-1-5-13(6-2-11)24(28)29)19(27)12-3-7-14(8-4-12)25(30)31/h1-10H. The molecular weight excluding hydrogens is 543 g/mol. The molecule has 0 saturated carbocycles. The summed E-state index contributed by atoms with van der Waals surface area (Å²) in [5.74, 6) is -1.64. The number of halogens is 2. The van der Waals surface area contributed by atoms with Gasteiger partial charge in [0, 0.05) is 35.4 Å². The van der Waals surface area contributed by atoms with Gasteiger partial charge in [-0.25, -0.2) is 9.88 Å². The van der Waals surface area contributed by atoms with Crippen LogP contribution in [0.3, 0.4) is 0 Å². The van der Waals surface area contributed by atoms with E-state index in [9.17, 15) is 29.8 Å². The number of carbonyl (C=O) groups is 2. The third-order valence-electron chi connectivity index (χ3n) is 4.06. The summed E-state index contributed by atoms with van der Waals surface area (Å²) in [6, 6.07) is 12.5. The van der Waals surface area contributed by atoms with Gasteiger partial charge in [-0.1, -0.05) is 11.6 Å². The molecule has 0 fully saturated rings. The number of imide groups is 1. The van der Waals surface area contributed by atoms with Crippen molar-refractivity contribution in [1.82, 2.24) is 4.98 Å². The molecule has 0 atom stereocenters. The molecule has 0 radical (unpaired) electrons. The number of non-ortho nitro benzene ring substituents is 2. The minimum atomic E-state index is -0.800. The van der Waals surface area contributed by atoms with E-state index >= 15 is 0 Å². The van der Waals surface area contributed by atoms with Gasteiger partial charge in [-0.3, -0.25) is 29.8 Å². The first kappa shape index (κ1) is 22.2. The first-order valence-electron chi connectivity index (χ1n) is 8.39. The molecule has 0 aliphatic rings. The number of nitrogens with zero attached hydrogens (tertiary/aromatic N) is 4. The SMILES string of the molecule is O=C(c1ccc([N+](=O)[O-])cc1)N(C(=O)c1ccc([N+](=O)[O-])cc1)c1nc(Cl)ccc1I. The minimum absolute atomic E-state index is 0.00145. The normalized spacial score (nSPS) is 10.4. The number of pyridine rings is 1. The van der Waals surface area contributed by atoms with Crippen LogP contribution < -0.4 is 4.90 Å². The number of benzene rings is 2. The van der Waals surface area contributed by atoms with Crippen LogP contribution in [0.4, 0.5) is 17.2 Å². The Bertz CT molecular complexity index is 1130. The van der Waals surface area contributed by atoms with Crippen molar-refractivity contribution in [1.29, 1.82) is 0 Å². The topological polar surface area (TPSA) is 137 Å². The summed E-state index contributed by atoms with van der Waals surface area (Å²) in [6.45, 7) is 0.